The third-order valence-corrected chi connectivity index (χ3v) is 6.95. The van der Waals surface area contributed by atoms with Crippen molar-refractivity contribution in [2.45, 2.75) is 33.7 Å². The van der Waals surface area contributed by atoms with Gasteiger partial charge in [0.1, 0.15) is 0 Å². The number of rotatable bonds is 6. The molecule has 1 N–H and O–H groups in total. The van der Waals surface area contributed by atoms with Crippen molar-refractivity contribution in [1.82, 2.24) is 9.55 Å². The minimum absolute atomic E-state index is 0.0179. The molecule has 5 aromatic rings. The third-order valence-electron chi connectivity index (χ3n) is 6.42. The Labute approximate surface area is 223 Å². The highest BCUT2D eigenvalue weighted by Gasteiger charge is 2.18. The number of benzene rings is 3. The first-order valence-corrected chi connectivity index (χ1v) is 13.0. The fraction of sp³-hybridized carbons (Fsp3) is 0.200. The van der Waals surface area contributed by atoms with E-state index in [1.54, 1.807) is 6.07 Å². The van der Waals surface area contributed by atoms with Gasteiger partial charge in [0, 0.05) is 27.4 Å². The average molecular weight is 555 g/mol. The highest BCUT2D eigenvalue weighted by molar-refractivity contribution is 9.10. The maximum Gasteiger partial charge on any atom is 0.296 e. The summed E-state index contributed by atoms with van der Waals surface area (Å²) in [4.78, 5) is 18.3. The van der Waals surface area contributed by atoms with Crippen molar-refractivity contribution in [2.24, 2.45) is 16.1 Å². The number of azo groups is 1. The SMILES string of the molecule is Cc1ccc2nc(-c3ccc(Br)cc3)cc(C(=O)N=Nc3c(O)n(CCC(C)C)c4ccccc34)c2c1. The lowest BCUT2D eigenvalue weighted by Gasteiger charge is -2.09. The van der Waals surface area contributed by atoms with Gasteiger partial charge in [-0.05, 0) is 55.7 Å². The van der Waals surface area contributed by atoms with Crippen LogP contribution in [-0.4, -0.2) is 20.6 Å². The molecule has 5 rings (SSSR count). The number of fused-ring (bicyclic) bond motifs is 2. The molecule has 0 saturated heterocycles. The van der Waals surface area contributed by atoms with Gasteiger partial charge >= 0.3 is 0 Å². The number of halogens is 1. The summed E-state index contributed by atoms with van der Waals surface area (Å²) in [6.45, 7) is 6.91. The molecule has 0 radical (unpaired) electrons. The summed E-state index contributed by atoms with van der Waals surface area (Å²) in [6.07, 6.45) is 0.906. The molecule has 0 saturated carbocycles. The molecule has 0 aliphatic rings. The van der Waals surface area contributed by atoms with Gasteiger partial charge in [-0.3, -0.25) is 4.79 Å². The van der Waals surface area contributed by atoms with Crippen LogP contribution in [0.15, 0.2) is 87.5 Å². The minimum Gasteiger partial charge on any atom is -0.493 e. The number of pyridine rings is 1. The largest absolute Gasteiger partial charge is 0.493 e. The predicted molar refractivity (Wildman–Crippen MR) is 152 cm³/mol. The maximum atomic E-state index is 13.5. The molecule has 6 nitrogen and oxygen atoms in total. The van der Waals surface area contributed by atoms with Crippen LogP contribution in [0.3, 0.4) is 0 Å². The van der Waals surface area contributed by atoms with Crippen molar-refractivity contribution < 1.29 is 9.90 Å². The highest BCUT2D eigenvalue weighted by atomic mass is 79.9. The molecule has 0 unspecified atom stereocenters. The summed E-state index contributed by atoms with van der Waals surface area (Å²) in [5, 5.41) is 20.9. The standard InChI is InChI=1S/C30H27BrN4O2/c1-18(2)14-15-35-27-7-5-4-6-22(27)28(30(35)37)33-34-29(36)24-17-26(20-9-11-21(31)12-10-20)32-25-13-8-19(3)16-23(24)25/h4-13,16-18,37H,14-15H2,1-3H3. The van der Waals surface area contributed by atoms with E-state index in [2.05, 4.69) is 40.0 Å². The number of nitrogens with zero attached hydrogens (tertiary/aromatic N) is 4. The Hall–Kier alpha value is -3.84. The third kappa shape index (κ3) is 5.04. The van der Waals surface area contributed by atoms with Crippen LogP contribution in [0.25, 0.3) is 33.1 Å². The Morgan fingerprint density at radius 3 is 2.54 bits per heavy atom. The van der Waals surface area contributed by atoms with Gasteiger partial charge < -0.3 is 9.67 Å². The molecule has 0 aliphatic heterocycles. The molecule has 0 spiro atoms. The number of amides is 1. The van der Waals surface area contributed by atoms with Gasteiger partial charge in [-0.15, -0.1) is 10.2 Å². The first-order chi connectivity index (χ1) is 17.8. The average Bonchev–Trinajstić information content (AvgIpc) is 3.16. The van der Waals surface area contributed by atoms with Crippen LogP contribution in [0, 0.1) is 12.8 Å². The molecule has 3 aromatic carbocycles. The molecule has 186 valence electrons. The van der Waals surface area contributed by atoms with Crippen molar-refractivity contribution >= 4 is 49.3 Å². The molecular weight excluding hydrogens is 528 g/mol. The van der Waals surface area contributed by atoms with Crippen molar-refractivity contribution in [2.75, 3.05) is 0 Å². The molecule has 0 fully saturated rings. The quantitative estimate of drug-likeness (QED) is 0.213. The Morgan fingerprint density at radius 2 is 1.78 bits per heavy atom. The number of carbonyl (C=O) groups excluding carboxylic acids is 1. The number of hydrogen-bond acceptors (Lipinski definition) is 4. The topological polar surface area (TPSA) is 79.8 Å². The van der Waals surface area contributed by atoms with Crippen LogP contribution >= 0.6 is 15.9 Å². The molecule has 7 heteroatoms. The van der Waals surface area contributed by atoms with Crippen molar-refractivity contribution in [3.05, 3.63) is 88.4 Å². The molecule has 1 amide bonds. The van der Waals surface area contributed by atoms with E-state index in [0.29, 0.717) is 40.3 Å². The van der Waals surface area contributed by atoms with Crippen LogP contribution in [0.1, 0.15) is 36.2 Å². The van der Waals surface area contributed by atoms with Gasteiger partial charge in [0.05, 0.1) is 22.3 Å². The normalized spacial score (nSPS) is 11.8. The van der Waals surface area contributed by atoms with Gasteiger partial charge in [0.2, 0.25) is 5.88 Å². The van der Waals surface area contributed by atoms with Crippen LogP contribution in [0.5, 0.6) is 5.88 Å². The van der Waals surface area contributed by atoms with Crippen molar-refractivity contribution in [1.29, 1.82) is 0 Å². The minimum atomic E-state index is -0.491. The summed E-state index contributed by atoms with van der Waals surface area (Å²) in [5.41, 5.74) is 4.87. The summed E-state index contributed by atoms with van der Waals surface area (Å²) in [7, 11) is 0. The van der Waals surface area contributed by atoms with Crippen LogP contribution in [0.2, 0.25) is 0 Å². The van der Waals surface area contributed by atoms with E-state index in [1.807, 2.05) is 78.2 Å². The fourth-order valence-electron chi connectivity index (χ4n) is 4.42. The second kappa shape index (κ2) is 10.3. The smallest absolute Gasteiger partial charge is 0.296 e. The van der Waals surface area contributed by atoms with E-state index >= 15 is 0 Å². The Kier molecular flexibility index (Phi) is 6.89. The Morgan fingerprint density at radius 1 is 1.03 bits per heavy atom. The Balaban J connectivity index is 1.58. The summed E-state index contributed by atoms with van der Waals surface area (Å²) >= 11 is 3.46. The summed E-state index contributed by atoms with van der Waals surface area (Å²) in [6, 6.07) is 23.0. The molecule has 2 aromatic heterocycles. The number of aryl methyl sites for hydroxylation is 2. The van der Waals surface area contributed by atoms with Crippen molar-refractivity contribution in [3.63, 3.8) is 0 Å². The molecule has 0 atom stereocenters. The number of aromatic nitrogens is 2. The van der Waals surface area contributed by atoms with Crippen LogP contribution < -0.4 is 0 Å². The highest BCUT2D eigenvalue weighted by Crippen LogP contribution is 2.39. The summed E-state index contributed by atoms with van der Waals surface area (Å²) < 4.78 is 2.80. The van der Waals surface area contributed by atoms with E-state index in [-0.39, 0.29) is 5.88 Å². The van der Waals surface area contributed by atoms with Crippen molar-refractivity contribution in [3.8, 4) is 17.1 Å². The number of hydrogen-bond donors (Lipinski definition) is 1. The molecule has 2 heterocycles. The molecule has 37 heavy (non-hydrogen) atoms. The predicted octanol–water partition coefficient (Wildman–Crippen LogP) is 8.60. The monoisotopic (exact) mass is 554 g/mol. The lowest BCUT2D eigenvalue weighted by molar-refractivity contribution is 0.0996. The van der Waals surface area contributed by atoms with E-state index in [4.69, 9.17) is 4.98 Å². The molecule has 0 aliphatic carbocycles. The zero-order valence-electron chi connectivity index (χ0n) is 20.9. The second-order valence-electron chi connectivity index (χ2n) is 9.61. The Bertz CT molecular complexity index is 1650. The second-order valence-corrected chi connectivity index (χ2v) is 10.5. The molecule has 0 bridgehead atoms. The van der Waals surface area contributed by atoms with Crippen LogP contribution in [0.4, 0.5) is 5.69 Å². The van der Waals surface area contributed by atoms with Crippen LogP contribution in [-0.2, 0) is 6.54 Å². The van der Waals surface area contributed by atoms with Gasteiger partial charge in [0.25, 0.3) is 5.91 Å². The van der Waals surface area contributed by atoms with E-state index in [9.17, 15) is 9.90 Å². The number of aromatic hydroxyl groups is 1. The first kappa shape index (κ1) is 24.8. The van der Waals surface area contributed by atoms with Gasteiger partial charge in [-0.1, -0.05) is 71.7 Å². The van der Waals surface area contributed by atoms with Gasteiger partial charge in [-0.2, -0.15) is 0 Å². The number of para-hydroxylation sites is 1. The maximum absolute atomic E-state index is 13.5. The van der Waals surface area contributed by atoms with Gasteiger partial charge in [0.15, 0.2) is 5.69 Å². The first-order valence-electron chi connectivity index (χ1n) is 12.3. The summed E-state index contributed by atoms with van der Waals surface area (Å²) in [5.74, 6) is 0.00900. The van der Waals surface area contributed by atoms with E-state index < -0.39 is 5.91 Å². The zero-order valence-corrected chi connectivity index (χ0v) is 22.5. The zero-order chi connectivity index (χ0) is 26.1. The molecular formula is C30H27BrN4O2. The van der Waals surface area contributed by atoms with E-state index in [1.165, 1.54) is 0 Å². The lowest BCUT2D eigenvalue weighted by atomic mass is 10.0. The van der Waals surface area contributed by atoms with Gasteiger partial charge in [-0.25, -0.2) is 4.98 Å². The number of carbonyl (C=O) groups is 1. The lowest BCUT2D eigenvalue weighted by Crippen LogP contribution is -2.00. The van der Waals surface area contributed by atoms with E-state index in [0.717, 1.165) is 32.9 Å². The fourth-order valence-corrected chi connectivity index (χ4v) is 4.68.